The largest absolute Gasteiger partial charge is 0.367 e. The zero-order valence-electron chi connectivity index (χ0n) is 18.9. The summed E-state index contributed by atoms with van der Waals surface area (Å²) in [5.41, 5.74) is -0.455. The molecular formula is C24H44O2. The van der Waals surface area contributed by atoms with Gasteiger partial charge in [-0.05, 0) is 86.4 Å². The van der Waals surface area contributed by atoms with Crippen LogP contribution in [0.1, 0.15) is 101 Å². The summed E-state index contributed by atoms with van der Waals surface area (Å²) in [6.07, 6.45) is 7.49. The van der Waals surface area contributed by atoms with Crippen molar-refractivity contribution in [2.75, 3.05) is 0 Å². The molecule has 4 aliphatic carbocycles. The Hall–Kier alpha value is -0.0800. The highest BCUT2D eigenvalue weighted by molar-refractivity contribution is 5.09. The van der Waals surface area contributed by atoms with Crippen molar-refractivity contribution in [2.45, 2.75) is 113 Å². The van der Waals surface area contributed by atoms with Crippen molar-refractivity contribution in [2.24, 2.45) is 39.4 Å². The Balaban J connectivity index is 1.87. The van der Waals surface area contributed by atoms with Crippen molar-refractivity contribution >= 4 is 0 Å². The molecule has 0 aromatic rings. The van der Waals surface area contributed by atoms with Crippen molar-refractivity contribution < 1.29 is 9.84 Å². The molecule has 4 aliphatic rings. The zero-order valence-corrected chi connectivity index (χ0v) is 18.9. The van der Waals surface area contributed by atoms with E-state index in [2.05, 4.69) is 62.3 Å². The second kappa shape index (κ2) is 5.96. The van der Waals surface area contributed by atoms with Gasteiger partial charge in [-0.2, -0.15) is 0 Å². The molecule has 0 saturated heterocycles. The molecule has 0 heterocycles. The molecule has 26 heavy (non-hydrogen) atoms. The third-order valence-corrected chi connectivity index (χ3v) is 9.33. The van der Waals surface area contributed by atoms with E-state index in [1.165, 1.54) is 38.5 Å². The van der Waals surface area contributed by atoms with Crippen LogP contribution in [0.15, 0.2) is 0 Å². The average molecular weight is 365 g/mol. The smallest absolute Gasteiger partial charge is 0.161 e. The monoisotopic (exact) mass is 364 g/mol. The van der Waals surface area contributed by atoms with Crippen LogP contribution in [-0.2, 0) is 4.74 Å². The quantitative estimate of drug-likeness (QED) is 0.584. The van der Waals surface area contributed by atoms with Gasteiger partial charge in [0.15, 0.2) is 6.29 Å². The molecule has 0 aromatic heterocycles. The summed E-state index contributed by atoms with van der Waals surface area (Å²) < 4.78 is 6.70. The topological polar surface area (TPSA) is 29.5 Å². The van der Waals surface area contributed by atoms with Crippen LogP contribution in [0.25, 0.3) is 0 Å². The first-order chi connectivity index (χ1) is 11.6. The molecule has 1 N–H and O–H groups in total. The molecule has 0 amide bonds. The predicted octanol–water partition coefficient (Wildman–Crippen LogP) is 6.41. The number of hydrogen-bond acceptors (Lipinski definition) is 2. The van der Waals surface area contributed by atoms with E-state index in [0.29, 0.717) is 0 Å². The van der Waals surface area contributed by atoms with Gasteiger partial charge in [-0.1, -0.05) is 48.5 Å². The van der Waals surface area contributed by atoms with Crippen LogP contribution in [-0.4, -0.2) is 17.0 Å². The summed E-state index contributed by atoms with van der Waals surface area (Å²) in [6, 6.07) is 0. The summed E-state index contributed by atoms with van der Waals surface area (Å²) in [6.45, 7) is 20.2. The number of rotatable bonds is 4. The van der Waals surface area contributed by atoms with Gasteiger partial charge in [0, 0.05) is 5.41 Å². The lowest BCUT2D eigenvalue weighted by Gasteiger charge is -2.63. The maximum absolute atomic E-state index is 11.5. The highest BCUT2D eigenvalue weighted by Gasteiger charge is 2.60. The highest BCUT2D eigenvalue weighted by atomic mass is 16.6. The van der Waals surface area contributed by atoms with Crippen LogP contribution in [0.2, 0.25) is 0 Å². The highest BCUT2D eigenvalue weighted by Crippen LogP contribution is 2.65. The molecular weight excluding hydrogens is 320 g/mol. The van der Waals surface area contributed by atoms with Crippen molar-refractivity contribution in [3.05, 3.63) is 0 Å². The first-order valence-electron chi connectivity index (χ1n) is 11.0. The molecule has 0 radical (unpaired) electrons. The third kappa shape index (κ3) is 2.98. The Morgan fingerprint density at radius 3 is 1.38 bits per heavy atom. The maximum Gasteiger partial charge on any atom is 0.161 e. The number of hydrogen-bond donors (Lipinski definition) is 1. The molecule has 2 heteroatoms. The SMILES string of the molecule is CC(C)(C)C(C)(C(O)OC(C)(C)C12CC3CC(CC(C3)C1)C2)C(C)(C)C. The lowest BCUT2D eigenvalue weighted by atomic mass is 9.45. The third-order valence-electron chi connectivity index (χ3n) is 9.33. The lowest BCUT2D eigenvalue weighted by molar-refractivity contribution is -0.310. The molecule has 4 fully saturated rings. The van der Waals surface area contributed by atoms with Gasteiger partial charge >= 0.3 is 0 Å². The molecule has 1 atom stereocenters. The van der Waals surface area contributed by atoms with Gasteiger partial charge in [-0.3, -0.25) is 0 Å². The van der Waals surface area contributed by atoms with Gasteiger partial charge in [0.25, 0.3) is 0 Å². The maximum atomic E-state index is 11.5. The number of ether oxygens (including phenoxy) is 1. The summed E-state index contributed by atoms with van der Waals surface area (Å²) in [5.74, 6) is 2.70. The van der Waals surface area contributed by atoms with E-state index in [4.69, 9.17) is 4.74 Å². The fourth-order valence-corrected chi connectivity index (χ4v) is 7.24. The van der Waals surface area contributed by atoms with Crippen LogP contribution in [0.3, 0.4) is 0 Å². The van der Waals surface area contributed by atoms with E-state index < -0.39 is 6.29 Å². The van der Waals surface area contributed by atoms with Gasteiger partial charge in [-0.25, -0.2) is 0 Å². The number of aliphatic hydroxyl groups excluding tert-OH is 1. The summed E-state index contributed by atoms with van der Waals surface area (Å²) >= 11 is 0. The fourth-order valence-electron chi connectivity index (χ4n) is 7.24. The molecule has 4 saturated carbocycles. The van der Waals surface area contributed by atoms with Crippen molar-refractivity contribution in [1.82, 2.24) is 0 Å². The average Bonchev–Trinajstić information content (AvgIpc) is 2.41. The first-order valence-corrected chi connectivity index (χ1v) is 11.0. The lowest BCUT2D eigenvalue weighted by Crippen LogP contribution is -2.61. The minimum atomic E-state index is -0.759. The fraction of sp³-hybridized carbons (Fsp3) is 1.00. The minimum Gasteiger partial charge on any atom is -0.367 e. The van der Waals surface area contributed by atoms with E-state index in [1.54, 1.807) is 0 Å². The van der Waals surface area contributed by atoms with Gasteiger partial charge in [0.2, 0.25) is 0 Å². The van der Waals surface area contributed by atoms with Gasteiger partial charge in [0.05, 0.1) is 5.60 Å². The first kappa shape index (κ1) is 20.6. The molecule has 0 aromatic carbocycles. The molecule has 1 unspecified atom stereocenters. The Morgan fingerprint density at radius 2 is 1.08 bits per heavy atom. The molecule has 4 rings (SSSR count). The zero-order chi connectivity index (χ0) is 19.8. The predicted molar refractivity (Wildman–Crippen MR) is 109 cm³/mol. The summed E-state index contributed by atoms with van der Waals surface area (Å²) in [4.78, 5) is 0. The van der Waals surface area contributed by atoms with Crippen LogP contribution >= 0.6 is 0 Å². The standard InChI is InChI=1S/C24H44O2/c1-20(2,3)23(9,21(4,5)6)19(25)26-22(7,8)24-13-16-10-17(14-24)12-18(11-16)15-24/h16-19,25H,10-15H2,1-9H3. The van der Waals surface area contributed by atoms with Gasteiger partial charge in [0.1, 0.15) is 0 Å². The minimum absolute atomic E-state index is 0.0534. The van der Waals surface area contributed by atoms with Crippen LogP contribution in [0, 0.1) is 39.4 Å². The van der Waals surface area contributed by atoms with E-state index in [0.717, 1.165) is 17.8 Å². The second-order valence-corrected chi connectivity index (χ2v) is 12.9. The Bertz CT molecular complexity index is 482. The Labute approximate surface area is 162 Å². The van der Waals surface area contributed by atoms with Crippen LogP contribution in [0.5, 0.6) is 0 Å². The van der Waals surface area contributed by atoms with Gasteiger partial charge < -0.3 is 9.84 Å². The molecule has 0 spiro atoms. The van der Waals surface area contributed by atoms with E-state index in [1.807, 2.05) is 0 Å². The Kier molecular flexibility index (Phi) is 4.73. The van der Waals surface area contributed by atoms with E-state index in [9.17, 15) is 5.11 Å². The second-order valence-electron chi connectivity index (χ2n) is 12.9. The Morgan fingerprint density at radius 1 is 0.731 bits per heavy atom. The van der Waals surface area contributed by atoms with Crippen molar-refractivity contribution in [3.8, 4) is 0 Å². The van der Waals surface area contributed by atoms with E-state index >= 15 is 0 Å². The number of aliphatic hydroxyl groups is 1. The summed E-state index contributed by atoms with van der Waals surface area (Å²) in [7, 11) is 0. The summed E-state index contributed by atoms with van der Waals surface area (Å²) in [5, 5.41) is 11.5. The van der Waals surface area contributed by atoms with E-state index in [-0.39, 0.29) is 27.3 Å². The van der Waals surface area contributed by atoms with Crippen molar-refractivity contribution in [1.29, 1.82) is 0 Å². The van der Waals surface area contributed by atoms with Crippen LogP contribution in [0.4, 0.5) is 0 Å². The molecule has 0 aliphatic heterocycles. The van der Waals surface area contributed by atoms with Gasteiger partial charge in [-0.15, -0.1) is 0 Å². The molecule has 4 bridgehead atoms. The van der Waals surface area contributed by atoms with Crippen molar-refractivity contribution in [3.63, 3.8) is 0 Å². The normalized spacial score (nSPS) is 36.5. The molecule has 152 valence electrons. The molecule has 2 nitrogen and oxygen atoms in total. The van der Waals surface area contributed by atoms with Crippen LogP contribution < -0.4 is 0 Å².